The van der Waals surface area contributed by atoms with E-state index in [4.69, 9.17) is 0 Å². The van der Waals surface area contributed by atoms with Crippen LogP contribution in [0.15, 0.2) is 79.6 Å². The van der Waals surface area contributed by atoms with Gasteiger partial charge in [0.25, 0.3) is 0 Å². The second-order valence-corrected chi connectivity index (χ2v) is 6.75. The molecule has 134 valence electrons. The lowest BCUT2D eigenvalue weighted by Crippen LogP contribution is -2.08. The van der Waals surface area contributed by atoms with Crippen molar-refractivity contribution < 1.29 is 5.11 Å². The predicted molar refractivity (Wildman–Crippen MR) is 110 cm³/mol. The quantitative estimate of drug-likeness (QED) is 0.566. The molecule has 0 amide bonds. The van der Waals surface area contributed by atoms with Crippen LogP contribution in [-0.4, -0.2) is 33.5 Å². The maximum Gasteiger partial charge on any atom is 0.115 e. The Balaban J connectivity index is 1.80. The summed E-state index contributed by atoms with van der Waals surface area (Å²) >= 11 is 0. The maximum absolute atomic E-state index is 9.54. The molecule has 2 aromatic carbocycles. The van der Waals surface area contributed by atoms with Crippen LogP contribution in [0.3, 0.4) is 0 Å². The monoisotopic (exact) mass is 355 g/mol. The van der Waals surface area contributed by atoms with Gasteiger partial charge in [-0.15, -0.1) is 0 Å². The number of aromatic hydroxyl groups is 1. The van der Waals surface area contributed by atoms with Crippen LogP contribution in [0.5, 0.6) is 5.75 Å². The Labute approximate surface area is 158 Å². The largest absolute Gasteiger partial charge is 0.508 e. The van der Waals surface area contributed by atoms with Gasteiger partial charge in [0.1, 0.15) is 5.75 Å². The van der Waals surface area contributed by atoms with Crippen LogP contribution in [-0.2, 0) is 0 Å². The summed E-state index contributed by atoms with van der Waals surface area (Å²) in [7, 11) is 3.98. The van der Waals surface area contributed by atoms with Gasteiger partial charge in [-0.3, -0.25) is 4.98 Å². The van der Waals surface area contributed by atoms with Crippen LogP contribution >= 0.6 is 0 Å². The summed E-state index contributed by atoms with van der Waals surface area (Å²) in [6, 6.07) is 19.6. The zero-order valence-corrected chi connectivity index (χ0v) is 15.4. The Bertz CT molecular complexity index is 1120. The van der Waals surface area contributed by atoms with Gasteiger partial charge >= 0.3 is 0 Å². The molecule has 0 atom stereocenters. The van der Waals surface area contributed by atoms with Crippen LogP contribution in [0.4, 0.5) is 0 Å². The van der Waals surface area contributed by atoms with E-state index in [1.807, 2.05) is 49.5 Å². The van der Waals surface area contributed by atoms with Gasteiger partial charge in [0.2, 0.25) is 0 Å². The highest BCUT2D eigenvalue weighted by molar-refractivity contribution is 5.72. The van der Waals surface area contributed by atoms with Crippen LogP contribution in [0.25, 0.3) is 33.7 Å². The summed E-state index contributed by atoms with van der Waals surface area (Å²) < 4.78 is 2.13. The average molecular weight is 355 g/mol. The summed E-state index contributed by atoms with van der Waals surface area (Å²) in [6.45, 7) is 4.14. The van der Waals surface area contributed by atoms with Crippen molar-refractivity contribution in [3.05, 3.63) is 85.2 Å². The Morgan fingerprint density at radius 3 is 2.52 bits per heavy atom. The normalized spacial score (nSPS) is 10.9. The van der Waals surface area contributed by atoms with Crippen molar-refractivity contribution in [2.45, 2.75) is 0 Å². The Kier molecular flexibility index (Phi) is 4.16. The second-order valence-electron chi connectivity index (χ2n) is 6.75. The molecule has 2 heterocycles. The number of rotatable bonds is 4. The predicted octanol–water partition coefficient (Wildman–Crippen LogP) is 4.91. The third-order valence-electron chi connectivity index (χ3n) is 4.73. The molecule has 0 radical (unpaired) electrons. The van der Waals surface area contributed by atoms with E-state index in [0.717, 1.165) is 39.3 Å². The molecule has 27 heavy (non-hydrogen) atoms. The van der Waals surface area contributed by atoms with E-state index in [1.165, 1.54) is 0 Å². The van der Waals surface area contributed by atoms with Crippen LogP contribution < -0.4 is 0 Å². The first-order valence-electron chi connectivity index (χ1n) is 8.76. The van der Waals surface area contributed by atoms with Crippen molar-refractivity contribution in [3.8, 4) is 28.3 Å². The zero-order chi connectivity index (χ0) is 19.0. The average Bonchev–Trinajstić information content (AvgIpc) is 3.11. The summed E-state index contributed by atoms with van der Waals surface area (Å²) in [5.41, 5.74) is 7.10. The highest BCUT2D eigenvalue weighted by atomic mass is 16.3. The van der Waals surface area contributed by atoms with E-state index < -0.39 is 0 Å². The Hall–Kier alpha value is -3.53. The van der Waals surface area contributed by atoms with Crippen molar-refractivity contribution in [2.75, 3.05) is 14.1 Å². The Morgan fingerprint density at radius 1 is 1.00 bits per heavy atom. The first-order valence-corrected chi connectivity index (χ1v) is 8.76. The van der Waals surface area contributed by atoms with E-state index >= 15 is 0 Å². The molecule has 1 N–H and O–H groups in total. The van der Waals surface area contributed by atoms with E-state index in [9.17, 15) is 5.11 Å². The highest BCUT2D eigenvalue weighted by Crippen LogP contribution is 2.27. The van der Waals surface area contributed by atoms with Gasteiger partial charge in [-0.05, 0) is 53.6 Å². The number of hydrogen-bond acceptors (Lipinski definition) is 3. The van der Waals surface area contributed by atoms with Crippen molar-refractivity contribution in [1.82, 2.24) is 14.3 Å². The molecule has 4 nitrogen and oxygen atoms in total. The molecule has 0 fully saturated rings. The number of hydrogen-bond donors (Lipinski definition) is 1. The minimum absolute atomic E-state index is 0.264. The molecule has 4 rings (SSSR count). The molecule has 4 heteroatoms. The Morgan fingerprint density at radius 2 is 1.78 bits per heavy atom. The van der Waals surface area contributed by atoms with Gasteiger partial charge in [-0.1, -0.05) is 24.8 Å². The first-order chi connectivity index (χ1) is 13.0. The number of phenols is 1. The summed E-state index contributed by atoms with van der Waals surface area (Å²) in [5.74, 6) is 0.264. The smallest absolute Gasteiger partial charge is 0.115 e. The number of fused-ring (bicyclic) bond motifs is 1. The molecule has 0 aliphatic heterocycles. The zero-order valence-electron chi connectivity index (χ0n) is 15.4. The van der Waals surface area contributed by atoms with Gasteiger partial charge in [-0.2, -0.15) is 0 Å². The van der Waals surface area contributed by atoms with Gasteiger partial charge in [0.15, 0.2) is 0 Å². The molecule has 4 aromatic rings. The summed E-state index contributed by atoms with van der Waals surface area (Å²) in [5, 5.41) is 9.54. The molecular formula is C23H21N3O. The highest BCUT2D eigenvalue weighted by Gasteiger charge is 2.09. The lowest BCUT2D eigenvalue weighted by atomic mass is 10.1. The molecule has 0 spiro atoms. The van der Waals surface area contributed by atoms with Gasteiger partial charge in [0, 0.05) is 31.6 Å². The minimum Gasteiger partial charge on any atom is -0.508 e. The molecule has 0 bridgehead atoms. The third kappa shape index (κ3) is 3.17. The molecule has 0 saturated heterocycles. The third-order valence-corrected chi connectivity index (χ3v) is 4.73. The lowest BCUT2D eigenvalue weighted by Gasteiger charge is -2.16. The number of benzene rings is 2. The first kappa shape index (κ1) is 16.9. The fourth-order valence-corrected chi connectivity index (χ4v) is 3.14. The number of aromatic nitrogens is 2. The van der Waals surface area contributed by atoms with Gasteiger partial charge < -0.3 is 14.4 Å². The van der Waals surface area contributed by atoms with Crippen molar-refractivity contribution in [3.63, 3.8) is 0 Å². The van der Waals surface area contributed by atoms with E-state index in [1.54, 1.807) is 12.1 Å². The van der Waals surface area contributed by atoms with Crippen LogP contribution in [0, 0.1) is 0 Å². The fourth-order valence-electron chi connectivity index (χ4n) is 3.14. The minimum atomic E-state index is 0.264. The van der Waals surface area contributed by atoms with Gasteiger partial charge in [-0.25, -0.2) is 0 Å². The molecule has 2 aromatic heterocycles. The fraction of sp³-hybridized carbons (Fsp3) is 0.0870. The SMILES string of the molecule is C=C(c1cccc(-c2cn3c(-c4ccc(O)cc4)ccc3cn2)c1)N(C)C. The second kappa shape index (κ2) is 6.65. The van der Waals surface area contributed by atoms with E-state index in [-0.39, 0.29) is 5.75 Å². The van der Waals surface area contributed by atoms with Gasteiger partial charge in [0.05, 0.1) is 23.1 Å². The van der Waals surface area contributed by atoms with Crippen LogP contribution in [0.2, 0.25) is 0 Å². The van der Waals surface area contributed by atoms with Crippen molar-refractivity contribution in [2.24, 2.45) is 0 Å². The summed E-state index contributed by atoms with van der Waals surface area (Å²) in [4.78, 5) is 6.64. The van der Waals surface area contributed by atoms with Crippen molar-refractivity contribution in [1.29, 1.82) is 0 Å². The molecule has 0 saturated carbocycles. The molecule has 0 aliphatic rings. The van der Waals surface area contributed by atoms with Crippen LogP contribution in [0.1, 0.15) is 5.56 Å². The molecule has 0 unspecified atom stereocenters. The number of nitrogens with zero attached hydrogens (tertiary/aromatic N) is 3. The van der Waals surface area contributed by atoms with E-state index in [2.05, 4.69) is 46.4 Å². The van der Waals surface area contributed by atoms with E-state index in [0.29, 0.717) is 0 Å². The maximum atomic E-state index is 9.54. The molecular weight excluding hydrogens is 334 g/mol. The number of phenolic OH excluding ortho intramolecular Hbond substituents is 1. The molecule has 0 aliphatic carbocycles. The topological polar surface area (TPSA) is 40.8 Å². The van der Waals surface area contributed by atoms with Crippen molar-refractivity contribution >= 4 is 11.2 Å². The standard InChI is InChI=1S/C23H21N3O/c1-16(25(2)3)18-5-4-6-19(13-18)22-15-26-20(14-24-22)9-12-23(26)17-7-10-21(27)11-8-17/h4-15,27H,1H2,2-3H3. The lowest BCUT2D eigenvalue weighted by molar-refractivity contribution is 0.475. The summed E-state index contributed by atoms with van der Waals surface area (Å²) in [6.07, 6.45) is 3.93.